The molecule has 0 saturated heterocycles. The lowest BCUT2D eigenvalue weighted by Crippen LogP contribution is -2.57. The van der Waals surface area contributed by atoms with Gasteiger partial charge in [-0.25, -0.2) is 0 Å². The largest absolute Gasteiger partial charge is 0.501 e. The highest BCUT2D eigenvalue weighted by atomic mass is 28.4. The Balaban J connectivity index is 4.77. The second-order valence-electron chi connectivity index (χ2n) is 4.09. The van der Waals surface area contributed by atoms with E-state index < -0.39 is 14.5 Å². The fourth-order valence-corrected chi connectivity index (χ4v) is 4.03. The molecule has 17 heavy (non-hydrogen) atoms. The van der Waals surface area contributed by atoms with Gasteiger partial charge in [-0.05, 0) is 13.1 Å². The second kappa shape index (κ2) is 8.14. The minimum Gasteiger partial charge on any atom is -0.377 e. The normalized spacial score (nSPS) is 13.1. The topological polar surface area (TPSA) is 106 Å². The predicted octanol–water partition coefficient (Wildman–Crippen LogP) is -0.00270. The van der Waals surface area contributed by atoms with Crippen LogP contribution in [-0.4, -0.2) is 41.8 Å². The third kappa shape index (κ3) is 5.43. The minimum absolute atomic E-state index is 0.445. The fraction of sp³-hybridized carbons (Fsp3) is 1.00. The number of hydrogen-bond acceptors (Lipinski definition) is 6. The van der Waals surface area contributed by atoms with Crippen molar-refractivity contribution in [1.82, 2.24) is 0 Å². The third-order valence-corrected chi connectivity index (χ3v) is 5.75. The lowest BCUT2D eigenvalue weighted by Gasteiger charge is -2.37. The summed E-state index contributed by atoms with van der Waals surface area (Å²) >= 11 is 0. The van der Waals surface area contributed by atoms with Gasteiger partial charge < -0.3 is 30.5 Å². The van der Waals surface area contributed by atoms with Crippen molar-refractivity contribution in [2.24, 2.45) is 17.2 Å². The molecule has 104 valence electrons. The van der Waals surface area contributed by atoms with Crippen LogP contribution in [0.3, 0.4) is 0 Å². The smallest absolute Gasteiger partial charge is 0.377 e. The molecule has 0 saturated carbocycles. The summed E-state index contributed by atoms with van der Waals surface area (Å²) in [4.78, 5) is 0. The van der Waals surface area contributed by atoms with E-state index in [1.54, 1.807) is 14.2 Å². The van der Waals surface area contributed by atoms with E-state index in [4.69, 9.17) is 30.5 Å². The SMILES string of the molecule is CCC[Si](OC)(OC)OC(N)(CCN)CCN. The van der Waals surface area contributed by atoms with Crippen molar-refractivity contribution in [2.75, 3.05) is 27.3 Å². The first-order valence-electron chi connectivity index (χ1n) is 6.01. The molecular weight excluding hydrogens is 238 g/mol. The Labute approximate surface area is 105 Å². The van der Waals surface area contributed by atoms with Gasteiger partial charge in [-0.15, -0.1) is 0 Å². The molecule has 0 rings (SSSR count). The van der Waals surface area contributed by atoms with Gasteiger partial charge in [-0.3, -0.25) is 0 Å². The van der Waals surface area contributed by atoms with Crippen molar-refractivity contribution in [1.29, 1.82) is 0 Å². The first-order chi connectivity index (χ1) is 8.01. The zero-order chi connectivity index (χ0) is 13.4. The Morgan fingerprint density at radius 3 is 1.82 bits per heavy atom. The summed E-state index contributed by atoms with van der Waals surface area (Å²) < 4.78 is 16.9. The molecular formula is C10H27N3O3Si. The molecule has 7 heteroatoms. The third-order valence-electron chi connectivity index (χ3n) is 2.67. The van der Waals surface area contributed by atoms with Crippen molar-refractivity contribution in [3.05, 3.63) is 0 Å². The highest BCUT2D eigenvalue weighted by Crippen LogP contribution is 2.24. The molecule has 0 aliphatic heterocycles. The van der Waals surface area contributed by atoms with Crippen molar-refractivity contribution in [2.45, 2.75) is 38.0 Å². The van der Waals surface area contributed by atoms with Crippen LogP contribution in [0.2, 0.25) is 6.04 Å². The Morgan fingerprint density at radius 2 is 1.53 bits per heavy atom. The average molecular weight is 265 g/mol. The van der Waals surface area contributed by atoms with Crippen LogP contribution in [0.15, 0.2) is 0 Å². The van der Waals surface area contributed by atoms with Crippen molar-refractivity contribution in [3.63, 3.8) is 0 Å². The summed E-state index contributed by atoms with van der Waals surface area (Å²) in [6.07, 6.45) is 1.99. The Hall–Kier alpha value is -0.0231. The molecule has 0 aromatic rings. The van der Waals surface area contributed by atoms with E-state index in [1.807, 2.05) is 6.92 Å². The van der Waals surface area contributed by atoms with E-state index in [9.17, 15) is 0 Å². The van der Waals surface area contributed by atoms with Gasteiger partial charge >= 0.3 is 8.80 Å². The summed E-state index contributed by atoms with van der Waals surface area (Å²) in [7, 11) is 0.498. The maximum absolute atomic E-state index is 6.18. The molecule has 0 aliphatic carbocycles. The summed E-state index contributed by atoms with van der Waals surface area (Å²) in [6, 6.07) is 0.730. The van der Waals surface area contributed by atoms with Crippen LogP contribution in [0, 0.1) is 0 Å². The molecule has 0 bridgehead atoms. The lowest BCUT2D eigenvalue weighted by atomic mass is 10.1. The van der Waals surface area contributed by atoms with Gasteiger partial charge in [0.2, 0.25) is 0 Å². The molecule has 0 amide bonds. The van der Waals surface area contributed by atoms with Crippen molar-refractivity contribution in [3.8, 4) is 0 Å². The number of rotatable bonds is 10. The van der Waals surface area contributed by atoms with Gasteiger partial charge in [0.05, 0.1) is 0 Å². The lowest BCUT2D eigenvalue weighted by molar-refractivity contribution is -0.0219. The summed E-state index contributed by atoms with van der Waals surface area (Å²) in [5, 5.41) is 0. The minimum atomic E-state index is -2.69. The second-order valence-corrected chi connectivity index (χ2v) is 6.97. The molecule has 6 nitrogen and oxygen atoms in total. The number of hydrogen-bond donors (Lipinski definition) is 3. The molecule has 0 spiro atoms. The summed E-state index contributed by atoms with van der Waals surface area (Å²) in [6.45, 7) is 2.94. The summed E-state index contributed by atoms with van der Waals surface area (Å²) in [5.41, 5.74) is 16.4. The molecule has 0 atom stereocenters. The molecule has 0 unspecified atom stereocenters. The van der Waals surface area contributed by atoms with Crippen LogP contribution >= 0.6 is 0 Å². The van der Waals surface area contributed by atoms with Gasteiger partial charge in [0.1, 0.15) is 5.72 Å². The zero-order valence-corrected chi connectivity index (χ0v) is 12.2. The van der Waals surface area contributed by atoms with Crippen LogP contribution in [0.25, 0.3) is 0 Å². The fourth-order valence-electron chi connectivity index (χ4n) is 1.75. The average Bonchev–Trinajstić information content (AvgIpc) is 2.29. The molecule has 0 aromatic carbocycles. The van der Waals surface area contributed by atoms with E-state index in [1.165, 1.54) is 0 Å². The van der Waals surface area contributed by atoms with Gasteiger partial charge in [0, 0.05) is 33.1 Å². The zero-order valence-electron chi connectivity index (χ0n) is 11.2. The highest BCUT2D eigenvalue weighted by Gasteiger charge is 2.44. The van der Waals surface area contributed by atoms with E-state index in [-0.39, 0.29) is 0 Å². The maximum atomic E-state index is 6.18. The van der Waals surface area contributed by atoms with Crippen LogP contribution < -0.4 is 17.2 Å². The number of nitrogens with two attached hydrogens (primary N) is 3. The van der Waals surface area contributed by atoms with E-state index in [2.05, 4.69) is 0 Å². The van der Waals surface area contributed by atoms with Crippen LogP contribution in [0.4, 0.5) is 0 Å². The molecule has 0 aliphatic rings. The van der Waals surface area contributed by atoms with E-state index in [0.29, 0.717) is 25.9 Å². The molecule has 0 heterocycles. The standard InChI is InChI=1S/C10H27N3O3Si/c1-4-9-17(14-2,15-3)16-10(13,5-7-11)6-8-12/h4-9,11-13H2,1-3H3. The Bertz CT molecular complexity index is 197. The van der Waals surface area contributed by atoms with Gasteiger partial charge in [-0.1, -0.05) is 13.3 Å². The Morgan fingerprint density at radius 1 is 1.06 bits per heavy atom. The molecule has 6 N–H and O–H groups in total. The summed E-state index contributed by atoms with van der Waals surface area (Å²) in [5.74, 6) is 0. The van der Waals surface area contributed by atoms with Crippen LogP contribution in [0.5, 0.6) is 0 Å². The van der Waals surface area contributed by atoms with Gasteiger partial charge in [0.15, 0.2) is 0 Å². The van der Waals surface area contributed by atoms with Crippen molar-refractivity contribution < 1.29 is 13.3 Å². The van der Waals surface area contributed by atoms with E-state index >= 15 is 0 Å². The van der Waals surface area contributed by atoms with Crippen molar-refractivity contribution >= 4 is 8.80 Å². The molecule has 0 fully saturated rings. The van der Waals surface area contributed by atoms with Crippen LogP contribution in [-0.2, 0) is 13.3 Å². The monoisotopic (exact) mass is 265 g/mol. The maximum Gasteiger partial charge on any atom is 0.501 e. The highest BCUT2D eigenvalue weighted by molar-refractivity contribution is 6.60. The van der Waals surface area contributed by atoms with Crippen LogP contribution in [0.1, 0.15) is 26.2 Å². The Kier molecular flexibility index (Phi) is 8.13. The first kappa shape index (κ1) is 17.0. The van der Waals surface area contributed by atoms with Gasteiger partial charge in [-0.2, -0.15) is 0 Å². The van der Waals surface area contributed by atoms with E-state index in [0.717, 1.165) is 12.5 Å². The van der Waals surface area contributed by atoms with Gasteiger partial charge in [0.25, 0.3) is 0 Å². The predicted molar refractivity (Wildman–Crippen MR) is 70.2 cm³/mol. The quantitative estimate of drug-likeness (QED) is 0.379. The molecule has 0 aromatic heterocycles. The molecule has 0 radical (unpaired) electrons. The first-order valence-corrected chi connectivity index (χ1v) is 7.94.